The smallest absolute Gasteiger partial charge is 0.269 e. The number of hydrogen-bond acceptors (Lipinski definition) is 3. The summed E-state index contributed by atoms with van der Waals surface area (Å²) in [5.74, 6) is 0.802. The highest BCUT2D eigenvalue weighted by molar-refractivity contribution is 9.09. The number of halogens is 1. The van der Waals surface area contributed by atoms with Crippen molar-refractivity contribution in [3.05, 3.63) is 69.8 Å². The fourth-order valence-corrected chi connectivity index (χ4v) is 2.04. The monoisotopic (exact) mass is 321 g/mol. The van der Waals surface area contributed by atoms with Crippen LogP contribution in [0.25, 0.3) is 0 Å². The molecular formula is C14H12BrNO3. The van der Waals surface area contributed by atoms with Gasteiger partial charge in [-0.2, -0.15) is 0 Å². The van der Waals surface area contributed by atoms with E-state index in [2.05, 4.69) is 15.9 Å². The van der Waals surface area contributed by atoms with Crippen molar-refractivity contribution in [2.24, 2.45) is 0 Å². The van der Waals surface area contributed by atoms with Gasteiger partial charge in [-0.3, -0.25) is 10.1 Å². The minimum atomic E-state index is -0.395. The second-order valence-corrected chi connectivity index (χ2v) is 4.46. The van der Waals surface area contributed by atoms with Gasteiger partial charge in [0.25, 0.3) is 5.69 Å². The lowest BCUT2D eigenvalue weighted by Crippen LogP contribution is -1.93. The molecule has 0 aliphatic carbocycles. The van der Waals surface area contributed by atoms with Gasteiger partial charge in [0.1, 0.15) is 11.3 Å². The molecule has 2 rings (SSSR count). The van der Waals surface area contributed by atoms with E-state index in [4.69, 9.17) is 4.74 Å². The molecule has 2 aromatic rings. The molecule has 0 saturated carbocycles. The van der Waals surface area contributed by atoms with E-state index in [-0.39, 0.29) is 5.69 Å². The zero-order valence-corrected chi connectivity index (χ0v) is 11.7. The van der Waals surface area contributed by atoms with Crippen molar-refractivity contribution in [2.75, 3.05) is 5.52 Å². The molecule has 0 N–H and O–H groups in total. The van der Waals surface area contributed by atoms with Crippen molar-refractivity contribution in [1.29, 1.82) is 0 Å². The Morgan fingerprint density at radius 1 is 1.11 bits per heavy atom. The topological polar surface area (TPSA) is 52.4 Å². The van der Waals surface area contributed by atoms with E-state index in [0.717, 1.165) is 23.3 Å². The van der Waals surface area contributed by atoms with Crippen LogP contribution < -0.4 is 4.74 Å². The second-order valence-electron chi connectivity index (χ2n) is 4.00. The van der Waals surface area contributed by atoms with E-state index >= 15 is 0 Å². The third-order valence-corrected chi connectivity index (χ3v) is 2.90. The van der Waals surface area contributed by atoms with Crippen molar-refractivity contribution in [3.63, 3.8) is 0 Å². The molecule has 0 atom stereocenters. The molecule has 0 saturated heterocycles. The summed E-state index contributed by atoms with van der Waals surface area (Å²) < 4.78 is 5.36. The van der Waals surface area contributed by atoms with Gasteiger partial charge in [-0.25, -0.2) is 0 Å². The Hall–Kier alpha value is -1.88. The van der Waals surface area contributed by atoms with Gasteiger partial charge in [0, 0.05) is 12.1 Å². The molecule has 0 bridgehead atoms. The predicted octanol–water partition coefficient (Wildman–Crippen LogP) is 3.92. The zero-order valence-electron chi connectivity index (χ0n) is 10.1. The average Bonchev–Trinajstić information content (AvgIpc) is 2.40. The highest BCUT2D eigenvalue weighted by Crippen LogP contribution is 2.18. The van der Waals surface area contributed by atoms with E-state index in [1.54, 1.807) is 12.1 Å². The lowest BCUT2D eigenvalue weighted by molar-refractivity contribution is -0.384. The van der Waals surface area contributed by atoms with Crippen LogP contribution in [-0.2, 0) is 6.42 Å². The standard InChI is InChI=1S/C14H12BrNO3/c15-10-19-14-3-1-2-12(9-14)8-11-4-6-13(7-5-11)16(17)18/h1-7,9H,8,10H2. The highest BCUT2D eigenvalue weighted by atomic mass is 79.9. The summed E-state index contributed by atoms with van der Waals surface area (Å²) in [7, 11) is 0. The minimum Gasteiger partial charge on any atom is -0.482 e. The Bertz CT molecular complexity index is 569. The number of non-ortho nitro benzene ring substituents is 1. The van der Waals surface area contributed by atoms with Crippen LogP contribution in [0.2, 0.25) is 0 Å². The SMILES string of the molecule is O=[N+]([O-])c1ccc(Cc2cccc(OCBr)c2)cc1. The van der Waals surface area contributed by atoms with Gasteiger partial charge in [-0.05, 0) is 45.6 Å². The van der Waals surface area contributed by atoms with Crippen LogP contribution in [0.3, 0.4) is 0 Å². The Morgan fingerprint density at radius 3 is 2.47 bits per heavy atom. The predicted molar refractivity (Wildman–Crippen MR) is 76.8 cm³/mol. The van der Waals surface area contributed by atoms with Crippen molar-refractivity contribution in [1.82, 2.24) is 0 Å². The van der Waals surface area contributed by atoms with E-state index in [1.807, 2.05) is 24.3 Å². The van der Waals surface area contributed by atoms with Crippen LogP contribution in [0, 0.1) is 10.1 Å². The van der Waals surface area contributed by atoms with Gasteiger partial charge in [0.15, 0.2) is 0 Å². The molecule has 19 heavy (non-hydrogen) atoms. The molecule has 0 unspecified atom stereocenters. The molecule has 0 amide bonds. The van der Waals surface area contributed by atoms with Gasteiger partial charge in [0.05, 0.1) is 4.92 Å². The first-order valence-corrected chi connectivity index (χ1v) is 6.82. The Morgan fingerprint density at radius 2 is 1.84 bits per heavy atom. The minimum absolute atomic E-state index is 0.111. The number of hydrogen-bond donors (Lipinski definition) is 0. The molecule has 5 heteroatoms. The average molecular weight is 322 g/mol. The lowest BCUT2D eigenvalue weighted by atomic mass is 10.0. The molecular weight excluding hydrogens is 310 g/mol. The number of nitrogens with zero attached hydrogens (tertiary/aromatic N) is 1. The van der Waals surface area contributed by atoms with Crippen LogP contribution >= 0.6 is 15.9 Å². The summed E-state index contributed by atoms with van der Waals surface area (Å²) in [4.78, 5) is 10.2. The molecule has 0 heterocycles. The van der Waals surface area contributed by atoms with Gasteiger partial charge >= 0.3 is 0 Å². The zero-order chi connectivity index (χ0) is 13.7. The third-order valence-electron chi connectivity index (χ3n) is 2.68. The fraction of sp³-hybridized carbons (Fsp3) is 0.143. The molecule has 2 aromatic carbocycles. The maximum absolute atomic E-state index is 10.6. The molecule has 4 nitrogen and oxygen atoms in total. The number of benzene rings is 2. The maximum atomic E-state index is 10.6. The molecule has 0 aliphatic rings. The molecule has 0 radical (unpaired) electrons. The molecule has 0 spiro atoms. The third kappa shape index (κ3) is 3.79. The van der Waals surface area contributed by atoms with E-state index in [1.165, 1.54) is 12.1 Å². The van der Waals surface area contributed by atoms with E-state index in [0.29, 0.717) is 5.52 Å². The van der Waals surface area contributed by atoms with Crippen molar-refractivity contribution in [3.8, 4) is 5.75 Å². The highest BCUT2D eigenvalue weighted by Gasteiger charge is 2.04. The Balaban J connectivity index is 2.12. The fourth-order valence-electron chi connectivity index (χ4n) is 1.78. The maximum Gasteiger partial charge on any atom is 0.269 e. The van der Waals surface area contributed by atoms with Crippen LogP contribution in [0.1, 0.15) is 11.1 Å². The van der Waals surface area contributed by atoms with Crippen molar-refractivity contribution < 1.29 is 9.66 Å². The van der Waals surface area contributed by atoms with Gasteiger partial charge in [0.2, 0.25) is 0 Å². The van der Waals surface area contributed by atoms with Crippen LogP contribution in [0.4, 0.5) is 5.69 Å². The molecule has 0 fully saturated rings. The van der Waals surface area contributed by atoms with Gasteiger partial charge < -0.3 is 4.74 Å². The summed E-state index contributed by atoms with van der Waals surface area (Å²) in [5, 5.41) is 10.6. The van der Waals surface area contributed by atoms with Crippen LogP contribution in [0.15, 0.2) is 48.5 Å². The van der Waals surface area contributed by atoms with Crippen LogP contribution in [-0.4, -0.2) is 10.4 Å². The molecule has 0 aromatic heterocycles. The first-order valence-electron chi connectivity index (χ1n) is 5.70. The van der Waals surface area contributed by atoms with Crippen molar-refractivity contribution in [2.45, 2.75) is 6.42 Å². The molecule has 0 aliphatic heterocycles. The number of ether oxygens (including phenoxy) is 1. The van der Waals surface area contributed by atoms with Crippen LogP contribution in [0.5, 0.6) is 5.75 Å². The normalized spacial score (nSPS) is 10.2. The van der Waals surface area contributed by atoms with E-state index < -0.39 is 4.92 Å². The largest absolute Gasteiger partial charge is 0.482 e. The second kappa shape index (κ2) is 6.33. The number of alkyl halides is 1. The molecule has 98 valence electrons. The number of nitro benzene ring substituents is 1. The number of nitro groups is 1. The van der Waals surface area contributed by atoms with Crippen molar-refractivity contribution >= 4 is 21.6 Å². The summed E-state index contributed by atoms with van der Waals surface area (Å²) >= 11 is 3.21. The van der Waals surface area contributed by atoms with E-state index in [9.17, 15) is 10.1 Å². The lowest BCUT2D eigenvalue weighted by Gasteiger charge is -2.05. The quantitative estimate of drug-likeness (QED) is 0.476. The summed E-state index contributed by atoms with van der Waals surface area (Å²) in [6.07, 6.45) is 0.720. The first-order chi connectivity index (χ1) is 9.19. The van der Waals surface area contributed by atoms with Gasteiger partial charge in [-0.1, -0.05) is 24.3 Å². The first kappa shape index (κ1) is 13.5. The summed E-state index contributed by atoms with van der Waals surface area (Å²) in [5.41, 5.74) is 2.70. The summed E-state index contributed by atoms with van der Waals surface area (Å²) in [6, 6.07) is 14.4. The van der Waals surface area contributed by atoms with Gasteiger partial charge in [-0.15, -0.1) is 0 Å². The Labute approximate surface area is 119 Å². The number of rotatable bonds is 5. The summed E-state index contributed by atoms with van der Waals surface area (Å²) in [6.45, 7) is 0. The Kier molecular flexibility index (Phi) is 4.52.